The Morgan fingerprint density at radius 1 is 1.00 bits per heavy atom. The topological polar surface area (TPSA) is 82.2 Å². The molecule has 1 aliphatic rings. The van der Waals surface area contributed by atoms with E-state index in [0.29, 0.717) is 5.82 Å². The van der Waals surface area contributed by atoms with Crippen molar-refractivity contribution in [3.63, 3.8) is 0 Å². The molecule has 4 aromatic heterocycles. The summed E-state index contributed by atoms with van der Waals surface area (Å²) in [5, 5.41) is 8.66. The van der Waals surface area contributed by atoms with Crippen LogP contribution in [0.4, 0.5) is 5.82 Å². The van der Waals surface area contributed by atoms with Gasteiger partial charge in [0.2, 0.25) is 5.82 Å². The summed E-state index contributed by atoms with van der Waals surface area (Å²) >= 11 is 0. The molecule has 0 unspecified atom stereocenters. The fourth-order valence-corrected chi connectivity index (χ4v) is 4.98. The van der Waals surface area contributed by atoms with E-state index < -0.39 is 0 Å². The lowest BCUT2D eigenvalue weighted by molar-refractivity contribution is 0.108. The molecule has 0 aliphatic heterocycles. The molecule has 0 spiro atoms. The van der Waals surface area contributed by atoms with Crippen LogP contribution in [0.1, 0.15) is 19.3 Å². The minimum Gasteiger partial charge on any atom is -0.381 e. The summed E-state index contributed by atoms with van der Waals surface area (Å²) in [6.45, 7) is 0. The predicted molar refractivity (Wildman–Crippen MR) is 136 cm³/mol. The van der Waals surface area contributed by atoms with Gasteiger partial charge in [0.1, 0.15) is 5.52 Å². The van der Waals surface area contributed by atoms with Gasteiger partial charge in [0.05, 0.1) is 6.10 Å². The number of benzene rings is 1. The second kappa shape index (κ2) is 8.96. The van der Waals surface area contributed by atoms with Gasteiger partial charge in [-0.05, 0) is 42.5 Å². The van der Waals surface area contributed by atoms with Crippen molar-refractivity contribution in [3.8, 4) is 33.9 Å². The molecule has 2 atom stereocenters. The Morgan fingerprint density at radius 3 is 2.54 bits per heavy atom. The highest BCUT2D eigenvalue weighted by atomic mass is 16.5. The highest BCUT2D eigenvalue weighted by Crippen LogP contribution is 2.40. The fourth-order valence-electron chi connectivity index (χ4n) is 4.98. The number of anilines is 1. The average Bonchev–Trinajstić information content (AvgIpc) is 3.63. The number of ether oxygens (including phenoxy) is 1. The first kappa shape index (κ1) is 21.5. The van der Waals surface area contributed by atoms with Crippen LogP contribution in [0.25, 0.3) is 39.4 Å². The van der Waals surface area contributed by atoms with Crippen molar-refractivity contribution in [1.82, 2.24) is 29.1 Å². The van der Waals surface area contributed by atoms with E-state index in [4.69, 9.17) is 14.8 Å². The third kappa shape index (κ3) is 3.95. The van der Waals surface area contributed by atoms with Gasteiger partial charge in [0.15, 0.2) is 11.6 Å². The maximum atomic E-state index is 5.62. The molecule has 0 amide bonds. The summed E-state index contributed by atoms with van der Waals surface area (Å²) in [7, 11) is 3.74. The molecule has 0 saturated heterocycles. The Bertz CT molecular complexity index is 1460. The lowest BCUT2D eigenvalue weighted by Gasteiger charge is -2.16. The second-order valence-corrected chi connectivity index (χ2v) is 8.97. The van der Waals surface area contributed by atoms with Crippen molar-refractivity contribution in [2.75, 3.05) is 12.4 Å². The van der Waals surface area contributed by atoms with Gasteiger partial charge in [0, 0.05) is 62.3 Å². The van der Waals surface area contributed by atoms with Gasteiger partial charge >= 0.3 is 0 Å². The monoisotopic (exact) mass is 465 g/mol. The lowest BCUT2D eigenvalue weighted by Crippen LogP contribution is -2.19. The van der Waals surface area contributed by atoms with E-state index in [0.717, 1.165) is 58.7 Å². The number of nitrogens with one attached hydrogen (secondary N) is 1. The summed E-state index contributed by atoms with van der Waals surface area (Å²) in [5.74, 6) is 2.10. The number of fused-ring (bicyclic) bond motifs is 1. The van der Waals surface area contributed by atoms with E-state index in [-0.39, 0.29) is 12.1 Å². The van der Waals surface area contributed by atoms with Crippen molar-refractivity contribution in [1.29, 1.82) is 0 Å². The molecular weight excluding hydrogens is 438 g/mol. The van der Waals surface area contributed by atoms with Crippen LogP contribution in [0, 0.1) is 0 Å². The zero-order valence-corrected chi connectivity index (χ0v) is 19.8. The molecule has 0 bridgehead atoms. The number of methoxy groups -OCH3 is 1. The van der Waals surface area contributed by atoms with Crippen molar-refractivity contribution in [3.05, 3.63) is 73.4 Å². The molecule has 35 heavy (non-hydrogen) atoms. The van der Waals surface area contributed by atoms with Gasteiger partial charge in [-0.1, -0.05) is 30.3 Å². The molecular formula is C27H27N7O. The highest BCUT2D eigenvalue weighted by molar-refractivity contribution is 5.99. The first-order chi connectivity index (χ1) is 17.2. The van der Waals surface area contributed by atoms with Crippen LogP contribution >= 0.6 is 0 Å². The minimum atomic E-state index is 0.270. The number of hydrogen-bond acceptors (Lipinski definition) is 6. The molecule has 6 rings (SSSR count). The Labute approximate surface area is 203 Å². The SMILES string of the molecule is CO[C@H]1CC[C@@H](Nc2nc(-c3nccn3C)nn3cc(-c4ccncc4)c(-c4ccccc4)c23)C1. The smallest absolute Gasteiger partial charge is 0.218 e. The predicted octanol–water partition coefficient (Wildman–Crippen LogP) is 4.84. The molecule has 1 aromatic carbocycles. The van der Waals surface area contributed by atoms with Crippen LogP contribution in [0.3, 0.4) is 0 Å². The van der Waals surface area contributed by atoms with Crippen molar-refractivity contribution in [2.24, 2.45) is 7.05 Å². The first-order valence-electron chi connectivity index (χ1n) is 11.9. The first-order valence-corrected chi connectivity index (χ1v) is 11.9. The van der Waals surface area contributed by atoms with E-state index in [1.165, 1.54) is 0 Å². The van der Waals surface area contributed by atoms with Crippen molar-refractivity contribution in [2.45, 2.75) is 31.4 Å². The molecule has 1 saturated carbocycles. The van der Waals surface area contributed by atoms with E-state index in [1.807, 2.05) is 52.9 Å². The van der Waals surface area contributed by atoms with Gasteiger partial charge in [-0.2, -0.15) is 0 Å². The zero-order valence-electron chi connectivity index (χ0n) is 19.8. The quantitative estimate of drug-likeness (QED) is 0.387. The van der Waals surface area contributed by atoms with Gasteiger partial charge in [-0.25, -0.2) is 14.5 Å². The van der Waals surface area contributed by atoms with E-state index in [1.54, 1.807) is 13.3 Å². The number of aryl methyl sites for hydroxylation is 1. The number of nitrogens with zero attached hydrogens (tertiary/aromatic N) is 6. The Morgan fingerprint density at radius 2 is 1.83 bits per heavy atom. The molecule has 4 heterocycles. The molecule has 0 radical (unpaired) electrons. The van der Waals surface area contributed by atoms with Crippen LogP contribution in [0.2, 0.25) is 0 Å². The van der Waals surface area contributed by atoms with Crippen LogP contribution in [0.5, 0.6) is 0 Å². The van der Waals surface area contributed by atoms with Crippen LogP contribution in [0.15, 0.2) is 73.4 Å². The highest BCUT2D eigenvalue weighted by Gasteiger charge is 2.27. The van der Waals surface area contributed by atoms with E-state index >= 15 is 0 Å². The number of imidazole rings is 1. The molecule has 8 nitrogen and oxygen atoms in total. The molecule has 1 fully saturated rings. The van der Waals surface area contributed by atoms with Gasteiger partial charge in [-0.3, -0.25) is 4.98 Å². The maximum Gasteiger partial charge on any atom is 0.218 e. The van der Waals surface area contributed by atoms with Crippen LogP contribution < -0.4 is 5.32 Å². The van der Waals surface area contributed by atoms with Crippen LogP contribution in [-0.4, -0.2) is 48.4 Å². The number of aromatic nitrogens is 6. The van der Waals surface area contributed by atoms with E-state index in [2.05, 4.69) is 45.7 Å². The third-order valence-electron chi connectivity index (χ3n) is 6.76. The molecule has 8 heteroatoms. The van der Waals surface area contributed by atoms with Gasteiger partial charge in [-0.15, -0.1) is 5.10 Å². The number of rotatable bonds is 6. The van der Waals surface area contributed by atoms with Crippen molar-refractivity contribution >= 4 is 11.3 Å². The molecule has 176 valence electrons. The molecule has 5 aromatic rings. The normalized spacial score (nSPS) is 17.8. The third-order valence-corrected chi connectivity index (χ3v) is 6.76. The number of pyridine rings is 1. The molecule has 1 N–H and O–H groups in total. The Balaban J connectivity index is 1.60. The second-order valence-electron chi connectivity index (χ2n) is 8.97. The summed E-state index contributed by atoms with van der Waals surface area (Å²) < 4.78 is 9.50. The average molecular weight is 466 g/mol. The summed E-state index contributed by atoms with van der Waals surface area (Å²) in [5.41, 5.74) is 5.30. The lowest BCUT2D eigenvalue weighted by atomic mass is 9.98. The van der Waals surface area contributed by atoms with Crippen molar-refractivity contribution < 1.29 is 4.74 Å². The van der Waals surface area contributed by atoms with Crippen LogP contribution in [-0.2, 0) is 11.8 Å². The standard InChI is InChI=1S/C27H27N7O/c1-33-15-14-29-27(33)26-31-25(30-20-8-9-21(16-20)35-2)24-23(19-6-4-3-5-7-19)22(17-34(24)32-26)18-10-12-28-13-11-18/h3-7,10-15,17,20-21H,8-9,16H2,1-2H3,(H,30,31,32)/t20-,21+/m1/s1. The van der Waals surface area contributed by atoms with Gasteiger partial charge in [0.25, 0.3) is 0 Å². The fraction of sp³-hybridized carbons (Fsp3) is 0.259. The maximum absolute atomic E-state index is 5.62. The number of hydrogen-bond donors (Lipinski definition) is 1. The summed E-state index contributed by atoms with van der Waals surface area (Å²) in [4.78, 5) is 13.8. The largest absolute Gasteiger partial charge is 0.381 e. The van der Waals surface area contributed by atoms with Gasteiger partial charge < -0.3 is 14.6 Å². The minimum absolute atomic E-state index is 0.270. The Hall–Kier alpha value is -4.04. The summed E-state index contributed by atoms with van der Waals surface area (Å²) in [6.07, 6.45) is 12.7. The van der Waals surface area contributed by atoms with E-state index in [9.17, 15) is 0 Å². The Kier molecular flexibility index (Phi) is 5.50. The summed E-state index contributed by atoms with van der Waals surface area (Å²) in [6, 6.07) is 14.8. The molecule has 1 aliphatic carbocycles. The zero-order chi connectivity index (χ0) is 23.8.